The molecule has 1 amide bonds. The molecule has 0 saturated heterocycles. The number of thiophene rings is 1. The minimum absolute atomic E-state index is 0.117. The lowest BCUT2D eigenvalue weighted by Gasteiger charge is -2.23. The van der Waals surface area contributed by atoms with E-state index in [1.165, 1.54) is 4.88 Å². The maximum Gasteiger partial charge on any atom is 0.273 e. The third-order valence-corrected chi connectivity index (χ3v) is 5.05. The Hall–Kier alpha value is -2.15. The first-order valence-electron chi connectivity index (χ1n) is 7.75. The lowest BCUT2D eigenvalue weighted by Crippen LogP contribution is -2.34. The molecular formula is C18H18ClN3O2S. The van der Waals surface area contributed by atoms with Crippen LogP contribution in [0.1, 0.15) is 21.4 Å². The number of hydrogen-bond donors (Lipinski definition) is 1. The number of likely N-dealkylation sites (N-methyl/N-ethyl adjacent to an activating group) is 1. The van der Waals surface area contributed by atoms with Crippen LogP contribution >= 0.6 is 22.9 Å². The normalized spacial score (nSPS) is 12.3. The van der Waals surface area contributed by atoms with Gasteiger partial charge in [-0.2, -0.15) is 0 Å². The number of halogens is 1. The maximum atomic E-state index is 12.4. The zero-order valence-electron chi connectivity index (χ0n) is 13.9. The number of nitrogens with one attached hydrogen (secondary N) is 1. The van der Waals surface area contributed by atoms with Crippen LogP contribution < -0.4 is 5.32 Å². The van der Waals surface area contributed by atoms with E-state index in [-0.39, 0.29) is 17.6 Å². The molecule has 7 heteroatoms. The summed E-state index contributed by atoms with van der Waals surface area (Å²) in [5.74, 6) is 0.275. The molecule has 3 rings (SSSR count). The summed E-state index contributed by atoms with van der Waals surface area (Å²) in [6.45, 7) is 0.496. The summed E-state index contributed by atoms with van der Waals surface area (Å²) in [6, 6.07) is 13.0. The molecular weight excluding hydrogens is 358 g/mol. The van der Waals surface area contributed by atoms with Crippen molar-refractivity contribution in [3.05, 3.63) is 63.4 Å². The van der Waals surface area contributed by atoms with E-state index in [0.29, 0.717) is 17.3 Å². The first-order valence-corrected chi connectivity index (χ1v) is 9.01. The van der Waals surface area contributed by atoms with Crippen LogP contribution in [-0.2, 0) is 0 Å². The van der Waals surface area contributed by atoms with Crippen LogP contribution in [0.15, 0.2) is 52.4 Å². The smallest absolute Gasteiger partial charge is 0.273 e. The number of benzene rings is 1. The van der Waals surface area contributed by atoms with Gasteiger partial charge in [0.2, 0.25) is 0 Å². The van der Waals surface area contributed by atoms with Crippen molar-refractivity contribution in [1.82, 2.24) is 15.4 Å². The first-order chi connectivity index (χ1) is 12.0. The van der Waals surface area contributed by atoms with E-state index in [0.717, 1.165) is 5.56 Å². The van der Waals surface area contributed by atoms with Gasteiger partial charge in [0.05, 0.1) is 6.04 Å². The molecule has 1 N–H and O–H groups in total. The highest BCUT2D eigenvalue weighted by Crippen LogP contribution is 2.24. The van der Waals surface area contributed by atoms with Crippen LogP contribution in [0.25, 0.3) is 11.3 Å². The Morgan fingerprint density at radius 1 is 1.32 bits per heavy atom. The average molecular weight is 376 g/mol. The first kappa shape index (κ1) is 17.7. The molecule has 0 aliphatic carbocycles. The lowest BCUT2D eigenvalue weighted by atomic mass is 10.1. The van der Waals surface area contributed by atoms with Crippen molar-refractivity contribution in [2.75, 3.05) is 20.6 Å². The molecule has 3 aromatic rings. The molecule has 2 aromatic heterocycles. The summed E-state index contributed by atoms with van der Waals surface area (Å²) in [5, 5.41) is 9.47. The molecule has 0 radical (unpaired) electrons. The summed E-state index contributed by atoms with van der Waals surface area (Å²) >= 11 is 7.55. The topological polar surface area (TPSA) is 58.4 Å². The Labute approximate surface area is 155 Å². The second kappa shape index (κ2) is 7.82. The lowest BCUT2D eigenvalue weighted by molar-refractivity contribution is 0.0933. The number of nitrogens with zero attached hydrogens (tertiary/aromatic N) is 2. The summed E-state index contributed by atoms with van der Waals surface area (Å²) in [4.78, 5) is 15.6. The van der Waals surface area contributed by atoms with E-state index >= 15 is 0 Å². The monoisotopic (exact) mass is 375 g/mol. The van der Waals surface area contributed by atoms with Crippen molar-refractivity contribution >= 4 is 28.8 Å². The van der Waals surface area contributed by atoms with Gasteiger partial charge in [0.25, 0.3) is 5.91 Å². The van der Waals surface area contributed by atoms with Crippen LogP contribution in [0.2, 0.25) is 5.02 Å². The molecule has 0 fully saturated rings. The van der Waals surface area contributed by atoms with Gasteiger partial charge >= 0.3 is 0 Å². The zero-order chi connectivity index (χ0) is 17.8. The summed E-state index contributed by atoms with van der Waals surface area (Å²) in [6.07, 6.45) is 0. The quantitative estimate of drug-likeness (QED) is 0.705. The van der Waals surface area contributed by atoms with E-state index in [2.05, 4.69) is 21.4 Å². The number of hydrogen-bond acceptors (Lipinski definition) is 5. The van der Waals surface area contributed by atoms with E-state index < -0.39 is 0 Å². The maximum absolute atomic E-state index is 12.4. The third kappa shape index (κ3) is 4.28. The number of carbonyl (C=O) groups is 1. The highest BCUT2D eigenvalue weighted by atomic mass is 35.5. The van der Waals surface area contributed by atoms with E-state index in [1.807, 2.05) is 37.7 Å². The minimum Gasteiger partial charge on any atom is -0.355 e. The molecule has 1 unspecified atom stereocenters. The van der Waals surface area contributed by atoms with Crippen LogP contribution in [-0.4, -0.2) is 36.6 Å². The second-order valence-electron chi connectivity index (χ2n) is 5.79. The number of aromatic nitrogens is 1. The van der Waals surface area contributed by atoms with Crippen molar-refractivity contribution < 1.29 is 9.32 Å². The zero-order valence-corrected chi connectivity index (χ0v) is 15.5. The molecule has 0 saturated carbocycles. The molecule has 0 bridgehead atoms. The minimum atomic E-state index is -0.257. The van der Waals surface area contributed by atoms with Crippen LogP contribution in [0.3, 0.4) is 0 Å². The van der Waals surface area contributed by atoms with Gasteiger partial charge in [0, 0.05) is 28.1 Å². The standard InChI is InChI=1S/C18H18ClN3O2S/c1-22(2)15(17-4-3-9-25-17)11-20-18(23)14-10-16(24-21-14)12-5-7-13(19)8-6-12/h3-10,15H,11H2,1-2H3,(H,20,23). The van der Waals surface area contributed by atoms with Crippen molar-refractivity contribution in [2.24, 2.45) is 0 Å². The van der Waals surface area contributed by atoms with Gasteiger partial charge in [-0.05, 0) is 49.8 Å². The SMILES string of the molecule is CN(C)C(CNC(=O)c1cc(-c2ccc(Cl)cc2)on1)c1cccs1. The van der Waals surface area contributed by atoms with Crippen molar-refractivity contribution in [1.29, 1.82) is 0 Å². The average Bonchev–Trinajstić information content (AvgIpc) is 3.27. The summed E-state index contributed by atoms with van der Waals surface area (Å²) in [5.41, 5.74) is 1.08. The van der Waals surface area contributed by atoms with Crippen molar-refractivity contribution in [3.8, 4) is 11.3 Å². The van der Waals surface area contributed by atoms with Crippen LogP contribution in [0, 0.1) is 0 Å². The Bertz CT molecular complexity index is 828. The van der Waals surface area contributed by atoms with Gasteiger partial charge in [0.15, 0.2) is 11.5 Å². The molecule has 25 heavy (non-hydrogen) atoms. The van der Waals surface area contributed by atoms with Gasteiger partial charge in [-0.3, -0.25) is 4.79 Å². The van der Waals surface area contributed by atoms with Gasteiger partial charge in [-0.1, -0.05) is 22.8 Å². The molecule has 0 aliphatic heterocycles. The summed E-state index contributed by atoms with van der Waals surface area (Å²) < 4.78 is 5.28. The fourth-order valence-electron chi connectivity index (χ4n) is 2.43. The van der Waals surface area contributed by atoms with Gasteiger partial charge in [-0.25, -0.2) is 0 Å². The van der Waals surface area contributed by atoms with Crippen LogP contribution in [0.5, 0.6) is 0 Å². The highest BCUT2D eigenvalue weighted by molar-refractivity contribution is 7.10. The predicted octanol–water partition coefficient (Wildman–Crippen LogP) is 4.09. The Kier molecular flexibility index (Phi) is 5.53. The fraction of sp³-hybridized carbons (Fsp3) is 0.222. The van der Waals surface area contributed by atoms with E-state index in [4.69, 9.17) is 16.1 Å². The number of carbonyl (C=O) groups excluding carboxylic acids is 1. The third-order valence-electron chi connectivity index (χ3n) is 3.82. The molecule has 2 heterocycles. The number of rotatable bonds is 6. The Morgan fingerprint density at radius 3 is 2.72 bits per heavy atom. The molecule has 1 aromatic carbocycles. The Balaban J connectivity index is 1.66. The molecule has 130 valence electrons. The van der Waals surface area contributed by atoms with E-state index in [9.17, 15) is 4.79 Å². The highest BCUT2D eigenvalue weighted by Gasteiger charge is 2.19. The van der Waals surface area contributed by atoms with Crippen molar-refractivity contribution in [2.45, 2.75) is 6.04 Å². The van der Waals surface area contributed by atoms with Crippen molar-refractivity contribution in [3.63, 3.8) is 0 Å². The van der Waals surface area contributed by atoms with Gasteiger partial charge in [0.1, 0.15) is 0 Å². The molecule has 1 atom stereocenters. The van der Waals surface area contributed by atoms with E-state index in [1.54, 1.807) is 29.5 Å². The largest absolute Gasteiger partial charge is 0.355 e. The van der Waals surface area contributed by atoms with Gasteiger partial charge in [-0.15, -0.1) is 11.3 Å². The predicted molar refractivity (Wildman–Crippen MR) is 100 cm³/mol. The molecule has 0 spiro atoms. The molecule has 5 nitrogen and oxygen atoms in total. The summed E-state index contributed by atoms with van der Waals surface area (Å²) in [7, 11) is 3.98. The molecule has 0 aliphatic rings. The van der Waals surface area contributed by atoms with Crippen LogP contribution in [0.4, 0.5) is 0 Å². The van der Waals surface area contributed by atoms with Gasteiger partial charge < -0.3 is 14.7 Å². The second-order valence-corrected chi connectivity index (χ2v) is 7.20. The Morgan fingerprint density at radius 2 is 2.08 bits per heavy atom. The fourth-order valence-corrected chi connectivity index (χ4v) is 3.48. The number of amides is 1.